The van der Waals surface area contributed by atoms with Crippen LogP contribution in [0.5, 0.6) is 5.75 Å². The lowest BCUT2D eigenvalue weighted by atomic mass is 10.0. The molecule has 0 spiro atoms. The molecule has 0 fully saturated rings. The summed E-state index contributed by atoms with van der Waals surface area (Å²) in [5.74, 6) is 0.859. The molecule has 5 rings (SSSR count). The van der Waals surface area contributed by atoms with E-state index in [2.05, 4.69) is 77.5 Å². The van der Waals surface area contributed by atoms with Crippen molar-refractivity contribution in [1.82, 2.24) is 4.40 Å². The zero-order valence-corrected chi connectivity index (χ0v) is 18.5. The van der Waals surface area contributed by atoms with Crippen molar-refractivity contribution in [2.75, 3.05) is 0 Å². The summed E-state index contributed by atoms with van der Waals surface area (Å²) in [6.45, 7) is 1.13. The average molecular weight is 434 g/mol. The third kappa shape index (κ3) is 5.51. The third-order valence-corrected chi connectivity index (χ3v) is 5.80. The fourth-order valence-corrected chi connectivity index (χ4v) is 3.98. The van der Waals surface area contributed by atoms with Gasteiger partial charge in [0.15, 0.2) is 0 Å². The predicted octanol–water partition coefficient (Wildman–Crippen LogP) is 7.02. The van der Waals surface area contributed by atoms with Crippen LogP contribution >= 0.6 is 0 Å². The van der Waals surface area contributed by atoms with E-state index in [-0.39, 0.29) is 6.10 Å². The quantitative estimate of drug-likeness (QED) is 0.249. The summed E-state index contributed by atoms with van der Waals surface area (Å²) in [6, 6.07) is 37.4. The Hall–Kier alpha value is -3.82. The van der Waals surface area contributed by atoms with Gasteiger partial charge in [0.05, 0.1) is 12.7 Å². The number of rotatable bonds is 9. The maximum Gasteiger partial charge on any atom is 0.119 e. The van der Waals surface area contributed by atoms with Gasteiger partial charge in [0.2, 0.25) is 0 Å². The third-order valence-electron chi connectivity index (χ3n) is 5.80. The van der Waals surface area contributed by atoms with Gasteiger partial charge in [-0.15, -0.1) is 0 Å². The van der Waals surface area contributed by atoms with E-state index in [9.17, 15) is 0 Å². The topological polar surface area (TPSA) is 22.9 Å². The van der Waals surface area contributed by atoms with Crippen molar-refractivity contribution in [2.45, 2.75) is 25.7 Å². The van der Waals surface area contributed by atoms with Crippen LogP contribution in [0, 0.1) is 0 Å². The lowest BCUT2D eigenvalue weighted by Gasteiger charge is -2.19. The maximum atomic E-state index is 6.43. The minimum atomic E-state index is -0.0543. The first-order chi connectivity index (χ1) is 16.3. The van der Waals surface area contributed by atoms with Gasteiger partial charge < -0.3 is 13.9 Å². The Morgan fingerprint density at radius 1 is 0.606 bits per heavy atom. The number of hydrogen-bond donors (Lipinski definition) is 0. The van der Waals surface area contributed by atoms with E-state index in [1.165, 1.54) is 16.6 Å². The molecule has 0 radical (unpaired) electrons. The average Bonchev–Trinajstić information content (AvgIpc) is 3.35. The summed E-state index contributed by atoms with van der Waals surface area (Å²) in [5, 5.41) is 0. The molecular formula is C30H27NO2. The molecule has 1 unspecified atom stereocenters. The van der Waals surface area contributed by atoms with Gasteiger partial charge in [-0.05, 0) is 52.6 Å². The van der Waals surface area contributed by atoms with Crippen molar-refractivity contribution in [3.63, 3.8) is 0 Å². The number of fused-ring (bicyclic) bond motifs is 1. The Kier molecular flexibility index (Phi) is 6.51. The molecule has 0 bridgehead atoms. The van der Waals surface area contributed by atoms with E-state index in [0.29, 0.717) is 13.2 Å². The molecule has 1 atom stereocenters. The number of benzene rings is 3. The van der Waals surface area contributed by atoms with Gasteiger partial charge in [-0.1, -0.05) is 78.9 Å². The largest absolute Gasteiger partial charge is 0.489 e. The van der Waals surface area contributed by atoms with Gasteiger partial charge in [0.1, 0.15) is 12.4 Å². The highest BCUT2D eigenvalue weighted by Crippen LogP contribution is 2.26. The van der Waals surface area contributed by atoms with E-state index in [1.807, 2.05) is 48.5 Å². The lowest BCUT2D eigenvalue weighted by molar-refractivity contribution is 0.0398. The monoisotopic (exact) mass is 433 g/mol. The van der Waals surface area contributed by atoms with Crippen LogP contribution < -0.4 is 4.74 Å². The fraction of sp³-hybridized carbons (Fsp3) is 0.133. The summed E-state index contributed by atoms with van der Waals surface area (Å²) in [5.41, 5.74) is 5.91. The summed E-state index contributed by atoms with van der Waals surface area (Å²) in [4.78, 5) is 0. The Labute approximate surface area is 194 Å². The first-order valence-corrected chi connectivity index (χ1v) is 11.3. The molecule has 0 saturated carbocycles. The smallest absolute Gasteiger partial charge is 0.119 e. The highest BCUT2D eigenvalue weighted by Gasteiger charge is 2.14. The second kappa shape index (κ2) is 10.2. The Bertz CT molecular complexity index is 1280. The normalized spacial score (nSPS) is 12.0. The SMILES string of the molecule is c1ccc(COc2ccc(C(Cc3ccc4cccn4c3)OCc3ccccc3)cc2)cc1. The van der Waals surface area contributed by atoms with Gasteiger partial charge in [-0.2, -0.15) is 0 Å². The minimum Gasteiger partial charge on any atom is -0.489 e. The first-order valence-electron chi connectivity index (χ1n) is 11.3. The minimum absolute atomic E-state index is 0.0543. The second-order valence-electron chi connectivity index (χ2n) is 8.21. The summed E-state index contributed by atoms with van der Waals surface area (Å²) in [7, 11) is 0. The molecule has 3 aromatic carbocycles. The van der Waals surface area contributed by atoms with Crippen molar-refractivity contribution >= 4 is 5.52 Å². The molecular weight excluding hydrogens is 406 g/mol. The first kappa shape index (κ1) is 21.0. The zero-order valence-electron chi connectivity index (χ0n) is 18.5. The molecule has 3 heteroatoms. The number of pyridine rings is 1. The van der Waals surface area contributed by atoms with E-state index < -0.39 is 0 Å². The molecule has 0 amide bonds. The highest BCUT2D eigenvalue weighted by atomic mass is 16.5. The molecule has 164 valence electrons. The second-order valence-corrected chi connectivity index (χ2v) is 8.21. The number of aromatic nitrogens is 1. The number of hydrogen-bond acceptors (Lipinski definition) is 2. The Morgan fingerprint density at radius 3 is 2.03 bits per heavy atom. The van der Waals surface area contributed by atoms with Crippen LogP contribution in [0.3, 0.4) is 0 Å². The van der Waals surface area contributed by atoms with Gasteiger partial charge >= 0.3 is 0 Å². The van der Waals surface area contributed by atoms with Crippen LogP contribution in [-0.4, -0.2) is 4.40 Å². The van der Waals surface area contributed by atoms with Crippen LogP contribution in [0.4, 0.5) is 0 Å². The molecule has 5 aromatic rings. The van der Waals surface area contributed by atoms with Crippen molar-refractivity contribution < 1.29 is 9.47 Å². The number of nitrogens with zero attached hydrogens (tertiary/aromatic N) is 1. The molecule has 0 aliphatic heterocycles. The molecule has 2 aromatic heterocycles. The lowest BCUT2D eigenvalue weighted by Crippen LogP contribution is -2.09. The van der Waals surface area contributed by atoms with Crippen LogP contribution in [0.1, 0.15) is 28.4 Å². The maximum absolute atomic E-state index is 6.43. The van der Waals surface area contributed by atoms with E-state index in [1.54, 1.807) is 0 Å². The zero-order chi connectivity index (χ0) is 22.3. The molecule has 0 aliphatic rings. The van der Waals surface area contributed by atoms with Gasteiger partial charge in [-0.25, -0.2) is 0 Å². The van der Waals surface area contributed by atoms with Crippen molar-refractivity contribution in [1.29, 1.82) is 0 Å². The van der Waals surface area contributed by atoms with Crippen molar-refractivity contribution in [2.24, 2.45) is 0 Å². The van der Waals surface area contributed by atoms with Gasteiger partial charge in [-0.3, -0.25) is 0 Å². The van der Waals surface area contributed by atoms with Crippen LogP contribution in [0.25, 0.3) is 5.52 Å². The van der Waals surface area contributed by atoms with Crippen LogP contribution in [-0.2, 0) is 24.4 Å². The Morgan fingerprint density at radius 2 is 1.30 bits per heavy atom. The number of ether oxygens (including phenoxy) is 2. The van der Waals surface area contributed by atoms with E-state index >= 15 is 0 Å². The van der Waals surface area contributed by atoms with Crippen LogP contribution in [0.2, 0.25) is 0 Å². The molecule has 0 saturated heterocycles. The van der Waals surface area contributed by atoms with Crippen molar-refractivity contribution in [3.05, 3.63) is 144 Å². The predicted molar refractivity (Wildman–Crippen MR) is 132 cm³/mol. The molecule has 0 aliphatic carbocycles. The summed E-state index contributed by atoms with van der Waals surface area (Å²) in [6.07, 6.45) is 5.01. The van der Waals surface area contributed by atoms with Gasteiger partial charge in [0, 0.05) is 24.3 Å². The highest BCUT2D eigenvalue weighted by molar-refractivity contribution is 5.48. The molecule has 33 heavy (non-hydrogen) atoms. The summed E-state index contributed by atoms with van der Waals surface area (Å²) >= 11 is 0. The van der Waals surface area contributed by atoms with Crippen LogP contribution in [0.15, 0.2) is 122 Å². The molecule has 0 N–H and O–H groups in total. The standard InChI is InChI=1S/C30H27NO2/c1-3-8-24(9-4-1)22-32-29-17-14-27(15-18-29)30(33-23-25-10-5-2-6-11-25)20-26-13-16-28-12-7-19-31(28)21-26/h1-19,21,30H,20,22-23H2. The van der Waals surface area contributed by atoms with Gasteiger partial charge in [0.25, 0.3) is 0 Å². The van der Waals surface area contributed by atoms with E-state index in [4.69, 9.17) is 9.47 Å². The summed E-state index contributed by atoms with van der Waals surface area (Å²) < 4.78 is 14.6. The fourth-order valence-electron chi connectivity index (χ4n) is 3.98. The van der Waals surface area contributed by atoms with E-state index in [0.717, 1.165) is 23.3 Å². The Balaban J connectivity index is 1.32. The molecule has 3 nitrogen and oxygen atoms in total. The van der Waals surface area contributed by atoms with Crippen molar-refractivity contribution in [3.8, 4) is 5.75 Å². The molecule has 2 heterocycles.